The van der Waals surface area contributed by atoms with Gasteiger partial charge in [0.1, 0.15) is 17.3 Å². The summed E-state index contributed by atoms with van der Waals surface area (Å²) < 4.78 is 52.0. The third kappa shape index (κ3) is 4.60. The van der Waals surface area contributed by atoms with E-state index in [-0.39, 0.29) is 17.4 Å². The van der Waals surface area contributed by atoms with Gasteiger partial charge in [-0.15, -0.1) is 0 Å². The molecule has 0 saturated heterocycles. The number of hydrogen-bond acceptors (Lipinski definition) is 5. The van der Waals surface area contributed by atoms with E-state index in [1.54, 1.807) is 60.5 Å². The summed E-state index contributed by atoms with van der Waals surface area (Å²) in [7, 11) is -2.33. The summed E-state index contributed by atoms with van der Waals surface area (Å²) in [6, 6.07) is 24.1. The highest BCUT2D eigenvalue weighted by Crippen LogP contribution is 2.40. The van der Waals surface area contributed by atoms with Crippen LogP contribution in [0, 0.1) is 5.82 Å². The quantitative estimate of drug-likeness (QED) is 0.382. The second kappa shape index (κ2) is 9.35. The van der Waals surface area contributed by atoms with Crippen LogP contribution < -0.4 is 19.1 Å². The number of nitrogens with one attached hydrogen (secondary N) is 1. The molecule has 36 heavy (non-hydrogen) atoms. The Morgan fingerprint density at radius 1 is 0.917 bits per heavy atom. The first-order valence-corrected chi connectivity index (χ1v) is 12.4. The Kier molecular flexibility index (Phi) is 6.07. The minimum Gasteiger partial charge on any atom is -0.497 e. The maximum atomic E-state index is 13.2. The van der Waals surface area contributed by atoms with E-state index in [0.717, 1.165) is 23.3 Å². The van der Waals surface area contributed by atoms with Gasteiger partial charge < -0.3 is 9.47 Å². The van der Waals surface area contributed by atoms with E-state index < -0.39 is 15.8 Å². The zero-order valence-electron chi connectivity index (χ0n) is 19.1. The minimum atomic E-state index is -3.90. The van der Waals surface area contributed by atoms with Gasteiger partial charge >= 0.3 is 0 Å². The number of carbonyl (C=O) groups excluding carboxylic acids is 1. The summed E-state index contributed by atoms with van der Waals surface area (Å²) in [6.07, 6.45) is 0. The van der Waals surface area contributed by atoms with Gasteiger partial charge in [0.15, 0.2) is 6.61 Å². The fraction of sp³-hybridized carbons (Fsp3) is 0.0741. The highest BCUT2D eigenvalue weighted by atomic mass is 32.2. The Balaban J connectivity index is 1.48. The Hall–Kier alpha value is -4.37. The number of sulfonamides is 1. The van der Waals surface area contributed by atoms with Crippen molar-refractivity contribution in [2.45, 2.75) is 4.90 Å². The van der Waals surface area contributed by atoms with E-state index in [1.807, 2.05) is 18.2 Å². The topological polar surface area (TPSA) is 84.9 Å². The second-order valence-electron chi connectivity index (χ2n) is 8.04. The predicted octanol–water partition coefficient (Wildman–Crippen LogP) is 5.36. The zero-order chi connectivity index (χ0) is 25.3. The molecule has 7 nitrogen and oxygen atoms in total. The van der Waals surface area contributed by atoms with Gasteiger partial charge in [0.2, 0.25) is 0 Å². The lowest BCUT2D eigenvalue weighted by Gasteiger charge is -2.30. The molecule has 1 aliphatic heterocycles. The van der Waals surface area contributed by atoms with Crippen LogP contribution in [0.2, 0.25) is 0 Å². The van der Waals surface area contributed by atoms with E-state index in [1.165, 1.54) is 12.1 Å². The molecule has 4 aromatic rings. The van der Waals surface area contributed by atoms with Crippen LogP contribution in [-0.2, 0) is 14.8 Å². The van der Waals surface area contributed by atoms with Crippen LogP contribution in [0.5, 0.6) is 11.5 Å². The molecule has 1 aliphatic rings. The van der Waals surface area contributed by atoms with Crippen LogP contribution in [-0.4, -0.2) is 28.0 Å². The van der Waals surface area contributed by atoms with Gasteiger partial charge in [-0.1, -0.05) is 18.2 Å². The highest BCUT2D eigenvalue weighted by molar-refractivity contribution is 7.92. The third-order valence-electron chi connectivity index (χ3n) is 5.70. The fourth-order valence-corrected chi connectivity index (χ4v) is 4.99. The van der Waals surface area contributed by atoms with Gasteiger partial charge in [-0.25, -0.2) is 12.8 Å². The number of amides is 1. The molecule has 0 bridgehead atoms. The minimum absolute atomic E-state index is 0.0473. The smallest absolute Gasteiger partial charge is 0.269 e. The Morgan fingerprint density at radius 3 is 2.36 bits per heavy atom. The van der Waals surface area contributed by atoms with E-state index in [2.05, 4.69) is 4.72 Å². The van der Waals surface area contributed by atoms with Crippen LogP contribution in [0.15, 0.2) is 95.9 Å². The molecule has 0 radical (unpaired) electrons. The maximum absolute atomic E-state index is 13.2. The van der Waals surface area contributed by atoms with Gasteiger partial charge in [0.25, 0.3) is 15.9 Å². The first kappa shape index (κ1) is 23.4. The van der Waals surface area contributed by atoms with Crippen molar-refractivity contribution >= 4 is 33.0 Å². The van der Waals surface area contributed by atoms with Crippen LogP contribution in [0.3, 0.4) is 0 Å². The van der Waals surface area contributed by atoms with Crippen LogP contribution in [0.4, 0.5) is 21.5 Å². The highest BCUT2D eigenvalue weighted by Gasteiger charge is 2.27. The van der Waals surface area contributed by atoms with Gasteiger partial charge in [0.05, 0.1) is 17.7 Å². The van der Waals surface area contributed by atoms with Crippen molar-refractivity contribution in [2.75, 3.05) is 23.3 Å². The summed E-state index contributed by atoms with van der Waals surface area (Å²) in [6.45, 7) is -0.0843. The standard InChI is InChI=1S/C27H21FN2O5S/c1-34-23-10-8-22(9-11-23)30-25-16-19(5-14-26(25)35-17-27(30)31)18-3-2-4-21(15-18)29-36(32,33)24-12-6-20(28)7-13-24/h2-16,29H,17H2,1H3. The van der Waals surface area contributed by atoms with E-state index in [4.69, 9.17) is 9.47 Å². The molecular formula is C27H21FN2O5S. The lowest BCUT2D eigenvalue weighted by atomic mass is 10.0. The summed E-state index contributed by atoms with van der Waals surface area (Å²) >= 11 is 0. The summed E-state index contributed by atoms with van der Waals surface area (Å²) in [5.41, 5.74) is 3.07. The van der Waals surface area contributed by atoms with Crippen molar-refractivity contribution in [3.05, 3.63) is 96.8 Å². The molecule has 0 fully saturated rings. The summed E-state index contributed by atoms with van der Waals surface area (Å²) in [5.74, 6) is 0.496. The first-order chi connectivity index (χ1) is 17.3. The number of rotatable bonds is 6. The Labute approximate surface area is 207 Å². The molecule has 182 valence electrons. The number of hydrogen-bond donors (Lipinski definition) is 1. The average Bonchev–Trinajstić information content (AvgIpc) is 2.88. The van der Waals surface area contributed by atoms with E-state index in [0.29, 0.717) is 28.6 Å². The summed E-state index contributed by atoms with van der Waals surface area (Å²) in [5, 5.41) is 0. The van der Waals surface area contributed by atoms with Gasteiger partial charge in [0, 0.05) is 11.4 Å². The number of ether oxygens (including phenoxy) is 2. The van der Waals surface area contributed by atoms with Crippen molar-refractivity contribution < 1.29 is 27.1 Å². The van der Waals surface area contributed by atoms with Gasteiger partial charge in [-0.05, 0) is 83.9 Å². The number of halogens is 1. The van der Waals surface area contributed by atoms with Crippen LogP contribution in [0.25, 0.3) is 11.1 Å². The molecule has 9 heteroatoms. The number of nitrogens with zero attached hydrogens (tertiary/aromatic N) is 1. The van der Waals surface area contributed by atoms with Crippen molar-refractivity contribution in [3.8, 4) is 22.6 Å². The average molecular weight is 505 g/mol. The molecule has 0 aromatic heterocycles. The number of anilines is 3. The number of benzene rings is 4. The van der Waals surface area contributed by atoms with Crippen LogP contribution >= 0.6 is 0 Å². The van der Waals surface area contributed by atoms with Gasteiger partial charge in [-0.2, -0.15) is 0 Å². The molecular weight excluding hydrogens is 483 g/mol. The summed E-state index contributed by atoms with van der Waals surface area (Å²) in [4.78, 5) is 14.3. The molecule has 0 aliphatic carbocycles. The van der Waals surface area contributed by atoms with Crippen molar-refractivity contribution in [3.63, 3.8) is 0 Å². The van der Waals surface area contributed by atoms with Crippen LogP contribution in [0.1, 0.15) is 0 Å². The molecule has 1 N–H and O–H groups in total. The normalized spacial score (nSPS) is 13.1. The van der Waals surface area contributed by atoms with Crippen molar-refractivity contribution in [1.29, 1.82) is 0 Å². The number of methoxy groups -OCH3 is 1. The lowest BCUT2D eigenvalue weighted by Crippen LogP contribution is -2.35. The fourth-order valence-electron chi connectivity index (χ4n) is 3.94. The predicted molar refractivity (Wildman–Crippen MR) is 135 cm³/mol. The van der Waals surface area contributed by atoms with E-state index >= 15 is 0 Å². The largest absolute Gasteiger partial charge is 0.497 e. The molecule has 0 spiro atoms. The molecule has 1 heterocycles. The zero-order valence-corrected chi connectivity index (χ0v) is 20.0. The lowest BCUT2D eigenvalue weighted by molar-refractivity contribution is -0.120. The first-order valence-electron chi connectivity index (χ1n) is 11.0. The van der Waals surface area contributed by atoms with Gasteiger partial charge in [-0.3, -0.25) is 14.4 Å². The number of carbonyl (C=O) groups is 1. The second-order valence-corrected chi connectivity index (χ2v) is 9.72. The molecule has 4 aromatic carbocycles. The maximum Gasteiger partial charge on any atom is 0.269 e. The molecule has 5 rings (SSSR count). The molecule has 0 atom stereocenters. The van der Waals surface area contributed by atoms with E-state index in [9.17, 15) is 17.6 Å². The van der Waals surface area contributed by atoms with Crippen molar-refractivity contribution in [2.24, 2.45) is 0 Å². The SMILES string of the molecule is COc1ccc(N2C(=O)COc3ccc(-c4cccc(NS(=O)(=O)c5ccc(F)cc5)c4)cc32)cc1. The molecule has 0 saturated carbocycles. The Morgan fingerprint density at radius 2 is 1.64 bits per heavy atom. The molecule has 1 amide bonds. The molecule has 0 unspecified atom stereocenters. The van der Waals surface area contributed by atoms with Crippen molar-refractivity contribution in [1.82, 2.24) is 0 Å². The monoisotopic (exact) mass is 504 g/mol. The number of fused-ring (bicyclic) bond motifs is 1. The Bertz CT molecular complexity index is 1540. The third-order valence-corrected chi connectivity index (χ3v) is 7.10.